The molecule has 0 aromatic heterocycles. The summed E-state index contributed by atoms with van der Waals surface area (Å²) in [6.07, 6.45) is 3.85. The number of likely N-dealkylation sites (tertiary alicyclic amines) is 1. The minimum atomic E-state index is -0.418. The van der Waals surface area contributed by atoms with Crippen molar-refractivity contribution in [3.8, 4) is 5.75 Å². The van der Waals surface area contributed by atoms with Gasteiger partial charge in [0, 0.05) is 50.8 Å². The van der Waals surface area contributed by atoms with E-state index in [1.54, 1.807) is 0 Å². The van der Waals surface area contributed by atoms with E-state index in [1.165, 1.54) is 0 Å². The smallest absolute Gasteiger partial charge is 0.227 e. The van der Waals surface area contributed by atoms with Crippen molar-refractivity contribution in [2.45, 2.75) is 59.0 Å². The van der Waals surface area contributed by atoms with Crippen LogP contribution >= 0.6 is 0 Å². The number of rotatable bonds is 8. The molecule has 2 saturated heterocycles. The van der Waals surface area contributed by atoms with Gasteiger partial charge in [0.15, 0.2) is 0 Å². The van der Waals surface area contributed by atoms with Gasteiger partial charge in [-0.2, -0.15) is 0 Å². The number of piperidine rings is 1. The van der Waals surface area contributed by atoms with Crippen LogP contribution in [0, 0.1) is 11.3 Å². The molecule has 2 aliphatic heterocycles. The number of carbonyl (C=O) groups is 2. The summed E-state index contributed by atoms with van der Waals surface area (Å²) in [7, 11) is 2.15. The third-order valence-electron chi connectivity index (χ3n) is 6.61. The summed E-state index contributed by atoms with van der Waals surface area (Å²) in [6.45, 7) is 10.7. The average Bonchev–Trinajstić information content (AvgIpc) is 2.82. The number of carbonyl (C=O) groups excluding carboxylic acids is 2. The third-order valence-corrected chi connectivity index (χ3v) is 6.61. The van der Waals surface area contributed by atoms with Crippen LogP contribution < -0.4 is 10.1 Å². The quantitative estimate of drug-likeness (QED) is 0.647. The van der Waals surface area contributed by atoms with Crippen molar-refractivity contribution >= 4 is 11.8 Å². The van der Waals surface area contributed by atoms with Gasteiger partial charge in [-0.05, 0) is 50.4 Å². The molecule has 3 rings (SSSR count). The average molecular weight is 460 g/mol. The zero-order chi connectivity index (χ0) is 23.8. The van der Waals surface area contributed by atoms with E-state index in [0.717, 1.165) is 63.3 Å². The summed E-state index contributed by atoms with van der Waals surface area (Å²) in [5, 5.41) is 3.06. The first-order chi connectivity index (χ1) is 15.7. The molecule has 0 saturated carbocycles. The van der Waals surface area contributed by atoms with Gasteiger partial charge in [-0.25, -0.2) is 0 Å². The lowest BCUT2D eigenvalue weighted by Gasteiger charge is -2.35. The Morgan fingerprint density at radius 1 is 1.21 bits per heavy atom. The molecule has 2 amide bonds. The summed E-state index contributed by atoms with van der Waals surface area (Å²) in [5.74, 6) is 0.810. The van der Waals surface area contributed by atoms with Crippen LogP contribution in [0.4, 0.5) is 0 Å². The minimum absolute atomic E-state index is 0.0193. The van der Waals surface area contributed by atoms with E-state index in [1.807, 2.05) is 49.9 Å². The Balaban J connectivity index is 1.43. The Morgan fingerprint density at radius 2 is 1.97 bits per heavy atom. The number of nitrogens with one attached hydrogen (secondary N) is 1. The van der Waals surface area contributed by atoms with Gasteiger partial charge in [0.1, 0.15) is 12.4 Å². The molecule has 7 heteroatoms. The summed E-state index contributed by atoms with van der Waals surface area (Å²) in [5.41, 5.74) is 0.593. The molecular formula is C26H41N3O4. The Kier molecular flexibility index (Phi) is 9.15. The Bertz CT molecular complexity index is 786. The third kappa shape index (κ3) is 7.71. The van der Waals surface area contributed by atoms with E-state index < -0.39 is 5.41 Å². The van der Waals surface area contributed by atoms with Crippen LogP contribution in [0.5, 0.6) is 5.75 Å². The number of nitrogens with zero attached hydrogens (tertiary/aromatic N) is 2. The second-order valence-electron chi connectivity index (χ2n) is 10.4. The molecule has 0 radical (unpaired) electrons. The maximum atomic E-state index is 12.8. The zero-order valence-electron chi connectivity index (χ0n) is 20.8. The molecule has 0 bridgehead atoms. The van der Waals surface area contributed by atoms with Crippen LogP contribution in [0.1, 0.15) is 52.0 Å². The molecular weight excluding hydrogens is 418 g/mol. The highest BCUT2D eigenvalue weighted by atomic mass is 16.5. The van der Waals surface area contributed by atoms with Crippen molar-refractivity contribution in [2.24, 2.45) is 11.3 Å². The molecule has 2 aliphatic rings. The van der Waals surface area contributed by atoms with Gasteiger partial charge in [-0.1, -0.05) is 32.9 Å². The van der Waals surface area contributed by atoms with Crippen molar-refractivity contribution in [1.82, 2.24) is 15.1 Å². The summed E-state index contributed by atoms with van der Waals surface area (Å²) in [4.78, 5) is 29.6. The van der Waals surface area contributed by atoms with E-state index in [-0.39, 0.29) is 17.7 Å². The van der Waals surface area contributed by atoms with Crippen molar-refractivity contribution in [3.63, 3.8) is 0 Å². The van der Waals surface area contributed by atoms with Crippen LogP contribution in [0.2, 0.25) is 0 Å². The number of benzene rings is 1. The Hall–Kier alpha value is -2.12. The van der Waals surface area contributed by atoms with Crippen molar-refractivity contribution in [1.29, 1.82) is 0 Å². The fourth-order valence-electron chi connectivity index (χ4n) is 4.54. The van der Waals surface area contributed by atoms with Crippen LogP contribution in [0.25, 0.3) is 0 Å². The van der Waals surface area contributed by atoms with E-state index in [4.69, 9.17) is 9.47 Å². The van der Waals surface area contributed by atoms with Gasteiger partial charge in [0.2, 0.25) is 11.8 Å². The van der Waals surface area contributed by atoms with Gasteiger partial charge in [0.05, 0.1) is 5.92 Å². The Morgan fingerprint density at radius 3 is 2.70 bits per heavy atom. The lowest BCUT2D eigenvalue weighted by molar-refractivity contribution is -0.142. The molecule has 33 heavy (non-hydrogen) atoms. The number of hydrogen-bond acceptors (Lipinski definition) is 5. The lowest BCUT2D eigenvalue weighted by Crippen LogP contribution is -2.48. The first kappa shape index (κ1) is 25.5. The van der Waals surface area contributed by atoms with Gasteiger partial charge < -0.3 is 19.7 Å². The fourth-order valence-corrected chi connectivity index (χ4v) is 4.54. The Labute approximate surface area is 198 Å². The largest absolute Gasteiger partial charge is 0.492 e. The van der Waals surface area contributed by atoms with Crippen LogP contribution in [-0.4, -0.2) is 74.2 Å². The van der Waals surface area contributed by atoms with Crippen LogP contribution in [0.15, 0.2) is 24.3 Å². The number of likely N-dealkylation sites (N-methyl/N-ethyl adjacent to an activating group) is 1. The van der Waals surface area contributed by atoms with Gasteiger partial charge in [-0.3, -0.25) is 14.5 Å². The number of hydrogen-bond donors (Lipinski definition) is 1. The molecule has 1 N–H and O–H groups in total. The van der Waals surface area contributed by atoms with Gasteiger partial charge in [-0.15, -0.1) is 0 Å². The SMILES string of the molecule is CN(CCOc1cccc(CNC(=O)C2CCCN(C(=O)C(C)(C)C)C2)c1)C1CCOCC1. The first-order valence-electron chi connectivity index (χ1n) is 12.3. The van der Waals surface area contributed by atoms with Gasteiger partial charge in [0.25, 0.3) is 0 Å². The molecule has 0 aliphatic carbocycles. The molecule has 2 heterocycles. The molecule has 2 fully saturated rings. The summed E-state index contributed by atoms with van der Waals surface area (Å²) < 4.78 is 11.4. The van der Waals surface area contributed by atoms with Gasteiger partial charge >= 0.3 is 0 Å². The first-order valence-corrected chi connectivity index (χ1v) is 12.3. The van der Waals surface area contributed by atoms with E-state index >= 15 is 0 Å². The second kappa shape index (κ2) is 11.8. The lowest BCUT2D eigenvalue weighted by atomic mass is 9.91. The molecule has 1 unspecified atom stereocenters. The highest BCUT2D eigenvalue weighted by Gasteiger charge is 2.33. The molecule has 184 valence electrons. The predicted octanol–water partition coefficient (Wildman–Crippen LogP) is 3.08. The maximum absolute atomic E-state index is 12.8. The highest BCUT2D eigenvalue weighted by molar-refractivity contribution is 5.83. The monoisotopic (exact) mass is 459 g/mol. The van der Waals surface area contributed by atoms with Crippen LogP contribution in [-0.2, 0) is 20.9 Å². The molecule has 7 nitrogen and oxygen atoms in total. The standard InChI is InChI=1S/C26H41N3O4/c1-26(2,3)25(31)29-12-6-8-21(19-29)24(30)27-18-20-7-5-9-23(17-20)33-16-13-28(4)22-10-14-32-15-11-22/h5,7,9,17,21-22H,6,8,10-16,18-19H2,1-4H3,(H,27,30). The van der Waals surface area contributed by atoms with Crippen molar-refractivity contribution in [2.75, 3.05) is 46.5 Å². The van der Waals surface area contributed by atoms with E-state index in [0.29, 0.717) is 25.7 Å². The second-order valence-corrected chi connectivity index (χ2v) is 10.4. The fraction of sp³-hybridized carbons (Fsp3) is 0.692. The number of ether oxygens (including phenoxy) is 2. The maximum Gasteiger partial charge on any atom is 0.227 e. The highest BCUT2D eigenvalue weighted by Crippen LogP contribution is 2.24. The van der Waals surface area contributed by atoms with E-state index in [9.17, 15) is 9.59 Å². The molecule has 1 aromatic rings. The topological polar surface area (TPSA) is 71.1 Å². The molecule has 1 aromatic carbocycles. The predicted molar refractivity (Wildman–Crippen MR) is 129 cm³/mol. The molecule has 0 spiro atoms. The van der Waals surface area contributed by atoms with E-state index in [2.05, 4.69) is 17.3 Å². The number of amides is 2. The zero-order valence-corrected chi connectivity index (χ0v) is 20.8. The van der Waals surface area contributed by atoms with Crippen molar-refractivity contribution in [3.05, 3.63) is 29.8 Å². The summed E-state index contributed by atoms with van der Waals surface area (Å²) in [6, 6.07) is 8.47. The van der Waals surface area contributed by atoms with Crippen LogP contribution in [0.3, 0.4) is 0 Å². The minimum Gasteiger partial charge on any atom is -0.492 e. The van der Waals surface area contributed by atoms with Crippen molar-refractivity contribution < 1.29 is 19.1 Å². The normalized spacial score (nSPS) is 20.0. The molecule has 1 atom stereocenters. The summed E-state index contributed by atoms with van der Waals surface area (Å²) >= 11 is 0.